The average molecular weight is 420 g/mol. The van der Waals surface area contributed by atoms with Gasteiger partial charge in [-0.25, -0.2) is 9.78 Å². The summed E-state index contributed by atoms with van der Waals surface area (Å²) in [6.45, 7) is 5.35. The van der Waals surface area contributed by atoms with Crippen LogP contribution in [0.4, 0.5) is 0 Å². The van der Waals surface area contributed by atoms with Crippen molar-refractivity contribution in [3.63, 3.8) is 0 Å². The van der Waals surface area contributed by atoms with Gasteiger partial charge in [-0.3, -0.25) is 4.79 Å². The third-order valence-electron chi connectivity index (χ3n) is 6.46. The first-order valence-electron chi connectivity index (χ1n) is 10.4. The summed E-state index contributed by atoms with van der Waals surface area (Å²) in [7, 11) is 0. The van der Waals surface area contributed by atoms with E-state index in [-0.39, 0.29) is 12.2 Å². The molecule has 0 saturated carbocycles. The molecule has 0 bridgehead atoms. The molecule has 8 heteroatoms. The zero-order valence-corrected chi connectivity index (χ0v) is 17.2. The van der Waals surface area contributed by atoms with Crippen LogP contribution in [0.5, 0.6) is 11.5 Å². The maximum Gasteiger partial charge on any atom is 0.340 e. The number of aliphatic hydroxyl groups is 1. The number of carbonyl (C=O) groups excluding carboxylic acids is 1. The van der Waals surface area contributed by atoms with E-state index >= 15 is 0 Å². The molecule has 0 amide bonds. The lowest BCUT2D eigenvalue weighted by Gasteiger charge is -2.23. The minimum Gasteiger partial charge on any atom is -0.486 e. The molecule has 3 aliphatic heterocycles. The maximum absolute atomic E-state index is 13.2. The molecule has 5 heterocycles. The normalized spacial score (nSPS) is 18.4. The Bertz CT molecular complexity index is 1370. The summed E-state index contributed by atoms with van der Waals surface area (Å²) in [4.78, 5) is 29.9. The van der Waals surface area contributed by atoms with Crippen LogP contribution in [0.25, 0.3) is 22.3 Å². The largest absolute Gasteiger partial charge is 0.486 e. The van der Waals surface area contributed by atoms with Gasteiger partial charge in [-0.15, -0.1) is 0 Å². The fraction of sp³-hybridized carbons (Fsp3) is 0.348. The van der Waals surface area contributed by atoms with Crippen LogP contribution < -0.4 is 15.0 Å². The first kappa shape index (κ1) is 18.4. The summed E-state index contributed by atoms with van der Waals surface area (Å²) in [5, 5.41) is 11.3. The molecule has 158 valence electrons. The molecule has 0 saturated heterocycles. The number of aliphatic hydroxyl groups excluding tert-OH is 1. The Kier molecular flexibility index (Phi) is 3.74. The van der Waals surface area contributed by atoms with Crippen molar-refractivity contribution in [3.05, 3.63) is 50.3 Å². The summed E-state index contributed by atoms with van der Waals surface area (Å²) >= 11 is 0. The average Bonchev–Trinajstić information content (AvgIpc) is 3.14. The standard InChI is InChI=1S/C23H20N2O6/c1-3-11-13-8-25-16(6-12-14(22(25)27)9-31-23(28)20(12)26)19(13)24-15-7-17-21(10(2)18(11)15)30-5-4-29-17/h6-7,20,26H,3-5,8-9H2,1-2H3. The number of aryl methyl sites for hydroxylation is 2. The summed E-state index contributed by atoms with van der Waals surface area (Å²) in [5.74, 6) is 0.678. The van der Waals surface area contributed by atoms with Gasteiger partial charge in [-0.1, -0.05) is 6.92 Å². The fourth-order valence-corrected chi connectivity index (χ4v) is 5.02. The topological polar surface area (TPSA) is 99.9 Å². The quantitative estimate of drug-likeness (QED) is 0.471. The van der Waals surface area contributed by atoms with Crippen LogP contribution in [0.3, 0.4) is 0 Å². The number of aromatic nitrogens is 2. The number of rotatable bonds is 1. The van der Waals surface area contributed by atoms with Crippen LogP contribution in [0, 0.1) is 6.92 Å². The number of esters is 1. The summed E-state index contributed by atoms with van der Waals surface area (Å²) in [5.41, 5.74) is 5.53. The van der Waals surface area contributed by atoms with Gasteiger partial charge in [0.2, 0.25) is 0 Å². The summed E-state index contributed by atoms with van der Waals surface area (Å²) < 4.78 is 18.3. The fourth-order valence-electron chi connectivity index (χ4n) is 5.02. The molecule has 0 spiro atoms. The van der Waals surface area contributed by atoms with Crippen molar-refractivity contribution in [2.24, 2.45) is 0 Å². The van der Waals surface area contributed by atoms with E-state index < -0.39 is 12.1 Å². The number of fused-ring (bicyclic) bond motifs is 6. The number of hydrogen-bond acceptors (Lipinski definition) is 7. The molecule has 31 heavy (non-hydrogen) atoms. The predicted molar refractivity (Wildman–Crippen MR) is 110 cm³/mol. The van der Waals surface area contributed by atoms with Gasteiger partial charge in [-0.05, 0) is 25.0 Å². The van der Waals surface area contributed by atoms with E-state index in [1.807, 2.05) is 13.0 Å². The zero-order chi connectivity index (χ0) is 21.4. The van der Waals surface area contributed by atoms with Crippen molar-refractivity contribution >= 4 is 16.9 Å². The number of ether oxygens (including phenoxy) is 3. The van der Waals surface area contributed by atoms with Crippen molar-refractivity contribution in [2.75, 3.05) is 13.2 Å². The van der Waals surface area contributed by atoms with Gasteiger partial charge < -0.3 is 23.9 Å². The Morgan fingerprint density at radius 3 is 2.77 bits per heavy atom. The summed E-state index contributed by atoms with van der Waals surface area (Å²) in [6, 6.07) is 3.60. The molecule has 2 aromatic heterocycles. The van der Waals surface area contributed by atoms with Crippen LogP contribution >= 0.6 is 0 Å². The molecular formula is C23H20N2O6. The van der Waals surface area contributed by atoms with Crippen LogP contribution in [0.1, 0.15) is 40.8 Å². The van der Waals surface area contributed by atoms with Gasteiger partial charge in [0, 0.05) is 28.1 Å². The Labute approximate surface area is 177 Å². The lowest BCUT2D eigenvalue weighted by atomic mass is 9.94. The third kappa shape index (κ3) is 2.36. The molecule has 1 atom stereocenters. The second-order valence-corrected chi connectivity index (χ2v) is 8.06. The van der Waals surface area contributed by atoms with Gasteiger partial charge in [-0.2, -0.15) is 0 Å². The van der Waals surface area contributed by atoms with E-state index in [9.17, 15) is 14.7 Å². The van der Waals surface area contributed by atoms with Gasteiger partial charge in [0.25, 0.3) is 5.56 Å². The summed E-state index contributed by atoms with van der Waals surface area (Å²) in [6.07, 6.45) is -0.702. The number of hydrogen-bond donors (Lipinski definition) is 1. The Morgan fingerprint density at radius 1 is 1.16 bits per heavy atom. The highest BCUT2D eigenvalue weighted by molar-refractivity contribution is 5.94. The van der Waals surface area contributed by atoms with Gasteiger partial charge in [0.15, 0.2) is 17.6 Å². The van der Waals surface area contributed by atoms with Crippen molar-refractivity contribution in [3.8, 4) is 22.9 Å². The van der Waals surface area contributed by atoms with Gasteiger partial charge in [0.1, 0.15) is 19.8 Å². The molecule has 0 fully saturated rings. The number of benzene rings is 1. The zero-order valence-electron chi connectivity index (χ0n) is 17.2. The molecule has 0 radical (unpaired) electrons. The Balaban J connectivity index is 1.66. The molecule has 0 aliphatic carbocycles. The van der Waals surface area contributed by atoms with Gasteiger partial charge >= 0.3 is 5.97 Å². The van der Waals surface area contributed by atoms with Crippen molar-refractivity contribution in [2.45, 2.75) is 39.5 Å². The van der Waals surface area contributed by atoms with E-state index in [1.54, 1.807) is 10.6 Å². The minimum atomic E-state index is -1.46. The highest BCUT2D eigenvalue weighted by Gasteiger charge is 2.35. The number of carbonyl (C=O) groups is 1. The minimum absolute atomic E-state index is 0.128. The van der Waals surface area contributed by atoms with E-state index in [4.69, 9.17) is 19.2 Å². The van der Waals surface area contributed by atoms with Gasteiger partial charge in [0.05, 0.1) is 29.0 Å². The maximum atomic E-state index is 13.2. The lowest BCUT2D eigenvalue weighted by molar-refractivity contribution is -0.157. The molecular weight excluding hydrogens is 400 g/mol. The monoisotopic (exact) mass is 420 g/mol. The van der Waals surface area contributed by atoms with E-state index in [1.165, 1.54) is 0 Å². The van der Waals surface area contributed by atoms with E-state index in [0.29, 0.717) is 48.0 Å². The Morgan fingerprint density at radius 2 is 1.97 bits per heavy atom. The smallest absolute Gasteiger partial charge is 0.340 e. The highest BCUT2D eigenvalue weighted by atomic mass is 16.6. The van der Waals surface area contributed by atoms with Crippen molar-refractivity contribution in [1.29, 1.82) is 0 Å². The van der Waals surface area contributed by atoms with Crippen molar-refractivity contribution in [1.82, 2.24) is 9.55 Å². The number of nitrogens with zero attached hydrogens (tertiary/aromatic N) is 2. The van der Waals surface area contributed by atoms with Crippen LogP contribution in [0.15, 0.2) is 16.9 Å². The number of pyridine rings is 2. The van der Waals surface area contributed by atoms with E-state index in [0.717, 1.165) is 39.8 Å². The molecule has 6 rings (SSSR count). The Hall–Kier alpha value is -3.39. The van der Waals surface area contributed by atoms with Crippen molar-refractivity contribution < 1.29 is 24.1 Å². The van der Waals surface area contributed by atoms with E-state index in [2.05, 4.69) is 6.92 Å². The highest BCUT2D eigenvalue weighted by Crippen LogP contribution is 2.44. The lowest BCUT2D eigenvalue weighted by Crippen LogP contribution is -2.32. The first-order chi connectivity index (χ1) is 15.0. The molecule has 3 aliphatic rings. The predicted octanol–water partition coefficient (Wildman–Crippen LogP) is 2.16. The van der Waals surface area contributed by atoms with Crippen LogP contribution in [0.2, 0.25) is 0 Å². The second-order valence-electron chi connectivity index (χ2n) is 8.06. The molecule has 3 aromatic rings. The molecule has 1 unspecified atom stereocenters. The third-order valence-corrected chi connectivity index (χ3v) is 6.46. The first-order valence-corrected chi connectivity index (χ1v) is 10.4. The molecule has 1 N–H and O–H groups in total. The van der Waals surface area contributed by atoms with Crippen LogP contribution in [-0.4, -0.2) is 33.8 Å². The molecule has 8 nitrogen and oxygen atoms in total. The molecule has 1 aromatic carbocycles. The number of cyclic esters (lactones) is 1. The SMILES string of the molecule is CCc1c2c(nc3cc4c(c(C)c13)OCCO4)-c1cc3c(c(=O)n1C2)COC(=O)C3O. The van der Waals surface area contributed by atoms with Crippen LogP contribution in [-0.2, 0) is 29.1 Å². The second kappa shape index (κ2) is 6.31.